The third-order valence-corrected chi connectivity index (χ3v) is 2.50. The van der Waals surface area contributed by atoms with Crippen LogP contribution in [0.25, 0.3) is 0 Å². The highest BCUT2D eigenvalue weighted by Crippen LogP contribution is 2.32. The van der Waals surface area contributed by atoms with Crippen molar-refractivity contribution in [3.8, 4) is 6.07 Å². The molecule has 72 valence electrons. The Morgan fingerprint density at radius 2 is 2.50 bits per heavy atom. The second-order valence-corrected chi connectivity index (χ2v) is 3.46. The minimum absolute atomic E-state index is 0.0204. The van der Waals surface area contributed by atoms with Crippen molar-refractivity contribution in [2.45, 2.75) is 18.9 Å². The topological polar surface area (TPSA) is 45.9 Å². The van der Waals surface area contributed by atoms with Crippen molar-refractivity contribution in [1.29, 1.82) is 5.26 Å². The van der Waals surface area contributed by atoms with Gasteiger partial charge in [0.2, 0.25) is 0 Å². The second kappa shape index (κ2) is 4.21. The minimum atomic E-state index is -0.0811. The molecule has 0 radical (unpaired) electrons. The second-order valence-electron chi connectivity index (χ2n) is 3.46. The number of hydrogen-bond donors (Lipinski definition) is 0. The molecule has 2 atom stereocenters. The fourth-order valence-electron chi connectivity index (χ4n) is 1.79. The van der Waals surface area contributed by atoms with Crippen LogP contribution in [0.2, 0.25) is 0 Å². The Morgan fingerprint density at radius 3 is 3.21 bits per heavy atom. The highest BCUT2D eigenvalue weighted by atomic mass is 16.5. The predicted octanol–water partition coefficient (Wildman–Crippen LogP) is 2.07. The zero-order valence-corrected chi connectivity index (χ0v) is 7.89. The first-order chi connectivity index (χ1) is 6.92. The first kappa shape index (κ1) is 9.17. The lowest BCUT2D eigenvalue weighted by molar-refractivity contribution is -0.0103. The van der Waals surface area contributed by atoms with Gasteiger partial charge >= 0.3 is 0 Å². The molecule has 1 aromatic rings. The van der Waals surface area contributed by atoms with Gasteiger partial charge in [0.1, 0.15) is 0 Å². The van der Waals surface area contributed by atoms with Crippen LogP contribution < -0.4 is 0 Å². The molecular formula is C11H12N2O. The fraction of sp³-hybridized carbons (Fsp3) is 0.455. The number of ether oxygens (including phenoxy) is 1. The van der Waals surface area contributed by atoms with Gasteiger partial charge < -0.3 is 4.74 Å². The zero-order chi connectivity index (χ0) is 9.80. The molecule has 0 spiro atoms. The van der Waals surface area contributed by atoms with Gasteiger partial charge in [-0.1, -0.05) is 6.07 Å². The van der Waals surface area contributed by atoms with Crippen molar-refractivity contribution in [3.05, 3.63) is 30.1 Å². The van der Waals surface area contributed by atoms with Crippen LogP contribution in [-0.4, -0.2) is 11.6 Å². The number of pyridine rings is 1. The van der Waals surface area contributed by atoms with E-state index >= 15 is 0 Å². The van der Waals surface area contributed by atoms with E-state index in [4.69, 9.17) is 10.00 Å². The summed E-state index contributed by atoms with van der Waals surface area (Å²) in [6.45, 7) is 0.748. The molecule has 2 heterocycles. The summed E-state index contributed by atoms with van der Waals surface area (Å²) >= 11 is 0. The standard InChI is InChI=1S/C11H12N2O/c12-7-9-4-2-6-14-11(9)10-3-1-5-13-8-10/h1,3,5,8-9,11H,2,4,6H2. The van der Waals surface area contributed by atoms with E-state index in [1.54, 1.807) is 12.4 Å². The Morgan fingerprint density at radius 1 is 1.57 bits per heavy atom. The highest BCUT2D eigenvalue weighted by Gasteiger charge is 2.27. The Bertz CT molecular complexity index is 331. The lowest BCUT2D eigenvalue weighted by atomic mass is 9.92. The normalized spacial score (nSPS) is 26.8. The first-order valence-electron chi connectivity index (χ1n) is 4.83. The van der Waals surface area contributed by atoms with Gasteiger partial charge in [-0.05, 0) is 18.9 Å². The van der Waals surface area contributed by atoms with Gasteiger partial charge in [0, 0.05) is 24.6 Å². The van der Waals surface area contributed by atoms with Crippen LogP contribution in [-0.2, 0) is 4.74 Å². The molecule has 0 saturated carbocycles. The van der Waals surface area contributed by atoms with E-state index in [0.29, 0.717) is 0 Å². The smallest absolute Gasteiger partial charge is 0.0997 e. The molecule has 2 unspecified atom stereocenters. The maximum absolute atomic E-state index is 8.97. The predicted molar refractivity (Wildman–Crippen MR) is 51.3 cm³/mol. The Kier molecular flexibility index (Phi) is 2.76. The van der Waals surface area contributed by atoms with E-state index in [1.807, 2.05) is 12.1 Å². The summed E-state index contributed by atoms with van der Waals surface area (Å²) < 4.78 is 5.60. The van der Waals surface area contributed by atoms with Crippen molar-refractivity contribution in [2.24, 2.45) is 5.92 Å². The fourth-order valence-corrected chi connectivity index (χ4v) is 1.79. The summed E-state index contributed by atoms with van der Waals surface area (Å²) in [7, 11) is 0. The molecular weight excluding hydrogens is 176 g/mol. The number of hydrogen-bond acceptors (Lipinski definition) is 3. The van der Waals surface area contributed by atoms with Crippen molar-refractivity contribution >= 4 is 0 Å². The molecule has 0 N–H and O–H groups in total. The Hall–Kier alpha value is -1.40. The van der Waals surface area contributed by atoms with Gasteiger partial charge in [-0.3, -0.25) is 4.98 Å². The van der Waals surface area contributed by atoms with Gasteiger partial charge in [-0.15, -0.1) is 0 Å². The first-order valence-corrected chi connectivity index (χ1v) is 4.83. The quantitative estimate of drug-likeness (QED) is 0.677. The van der Waals surface area contributed by atoms with Crippen LogP contribution in [0.3, 0.4) is 0 Å². The summed E-state index contributed by atoms with van der Waals surface area (Å²) in [5, 5.41) is 8.97. The summed E-state index contributed by atoms with van der Waals surface area (Å²) in [5.41, 5.74) is 1.01. The lowest BCUT2D eigenvalue weighted by Crippen LogP contribution is -2.21. The maximum atomic E-state index is 8.97. The van der Waals surface area contributed by atoms with Crippen molar-refractivity contribution < 1.29 is 4.74 Å². The van der Waals surface area contributed by atoms with Crippen LogP contribution >= 0.6 is 0 Å². The van der Waals surface area contributed by atoms with Gasteiger partial charge in [0.25, 0.3) is 0 Å². The summed E-state index contributed by atoms with van der Waals surface area (Å²) in [5.74, 6) is -0.0204. The zero-order valence-electron chi connectivity index (χ0n) is 7.89. The minimum Gasteiger partial charge on any atom is -0.372 e. The van der Waals surface area contributed by atoms with Gasteiger partial charge in [-0.2, -0.15) is 5.26 Å². The number of aromatic nitrogens is 1. The number of nitrogens with zero attached hydrogens (tertiary/aromatic N) is 2. The molecule has 0 aliphatic carbocycles. The van der Waals surface area contributed by atoms with Gasteiger partial charge in [-0.25, -0.2) is 0 Å². The van der Waals surface area contributed by atoms with E-state index in [1.165, 1.54) is 0 Å². The Balaban J connectivity index is 2.20. The number of rotatable bonds is 1. The van der Waals surface area contributed by atoms with E-state index in [-0.39, 0.29) is 12.0 Å². The third kappa shape index (κ3) is 1.75. The molecule has 1 saturated heterocycles. The Labute approximate surface area is 83.3 Å². The van der Waals surface area contributed by atoms with Crippen molar-refractivity contribution in [3.63, 3.8) is 0 Å². The summed E-state index contributed by atoms with van der Waals surface area (Å²) in [6, 6.07) is 6.14. The lowest BCUT2D eigenvalue weighted by Gasteiger charge is -2.27. The molecule has 1 aromatic heterocycles. The highest BCUT2D eigenvalue weighted by molar-refractivity contribution is 5.16. The van der Waals surface area contributed by atoms with E-state index < -0.39 is 0 Å². The maximum Gasteiger partial charge on any atom is 0.0997 e. The van der Waals surface area contributed by atoms with Crippen molar-refractivity contribution in [1.82, 2.24) is 4.98 Å². The van der Waals surface area contributed by atoms with Crippen LogP contribution in [0.1, 0.15) is 24.5 Å². The SMILES string of the molecule is N#CC1CCCOC1c1cccnc1. The van der Waals surface area contributed by atoms with E-state index in [9.17, 15) is 0 Å². The molecule has 1 aliphatic rings. The molecule has 1 fully saturated rings. The van der Waals surface area contributed by atoms with Crippen LogP contribution in [0.5, 0.6) is 0 Å². The molecule has 0 amide bonds. The largest absolute Gasteiger partial charge is 0.372 e. The summed E-state index contributed by atoms with van der Waals surface area (Å²) in [6.07, 6.45) is 5.33. The molecule has 3 nitrogen and oxygen atoms in total. The van der Waals surface area contributed by atoms with E-state index in [2.05, 4.69) is 11.1 Å². The monoisotopic (exact) mass is 188 g/mol. The number of nitriles is 1. The van der Waals surface area contributed by atoms with Gasteiger partial charge in [0.15, 0.2) is 0 Å². The van der Waals surface area contributed by atoms with Crippen LogP contribution in [0.4, 0.5) is 0 Å². The van der Waals surface area contributed by atoms with Crippen LogP contribution in [0, 0.1) is 17.2 Å². The van der Waals surface area contributed by atoms with Crippen LogP contribution in [0.15, 0.2) is 24.5 Å². The molecule has 3 heteroatoms. The molecule has 1 aliphatic heterocycles. The molecule has 2 rings (SSSR count). The average molecular weight is 188 g/mol. The average Bonchev–Trinajstić information content (AvgIpc) is 2.30. The molecule has 14 heavy (non-hydrogen) atoms. The summed E-state index contributed by atoms with van der Waals surface area (Å²) in [4.78, 5) is 4.04. The van der Waals surface area contributed by atoms with Gasteiger partial charge in [0.05, 0.1) is 18.1 Å². The van der Waals surface area contributed by atoms with E-state index in [0.717, 1.165) is 25.0 Å². The molecule has 0 aromatic carbocycles. The third-order valence-electron chi connectivity index (χ3n) is 2.50. The van der Waals surface area contributed by atoms with Crippen molar-refractivity contribution in [2.75, 3.05) is 6.61 Å². The molecule has 0 bridgehead atoms.